The minimum Gasteiger partial charge on any atom is -0.465 e. The van der Waals surface area contributed by atoms with Gasteiger partial charge in [0.25, 0.3) is 0 Å². The van der Waals surface area contributed by atoms with E-state index in [2.05, 4.69) is 0 Å². The van der Waals surface area contributed by atoms with Crippen molar-refractivity contribution in [3.8, 4) is 5.75 Å². The number of hydrogen-bond donors (Lipinski definition) is 1. The molecule has 0 bridgehead atoms. The molecule has 1 aromatic carbocycles. The van der Waals surface area contributed by atoms with Gasteiger partial charge in [-0.1, -0.05) is 13.3 Å². The summed E-state index contributed by atoms with van der Waals surface area (Å²) in [6.45, 7) is 1.87. The molecule has 1 N–H and O–H groups in total. The number of rotatable bonds is 4. The zero-order chi connectivity index (χ0) is 12.2. The summed E-state index contributed by atoms with van der Waals surface area (Å²) >= 11 is 0. The quantitative estimate of drug-likeness (QED) is 0.810. The highest BCUT2D eigenvalue weighted by molar-refractivity contribution is 5.28. The first kappa shape index (κ1) is 12.8. The maximum Gasteiger partial charge on any atom is 0.416 e. The average Bonchev–Trinajstić information content (AvgIpc) is 2.17. The van der Waals surface area contributed by atoms with Gasteiger partial charge >= 0.3 is 6.18 Å². The summed E-state index contributed by atoms with van der Waals surface area (Å²) in [4.78, 5) is 0. The molecule has 0 saturated heterocycles. The van der Waals surface area contributed by atoms with E-state index < -0.39 is 18.0 Å². The first-order valence-electron chi connectivity index (χ1n) is 4.95. The van der Waals surface area contributed by atoms with Gasteiger partial charge in [-0.15, -0.1) is 0 Å². The summed E-state index contributed by atoms with van der Waals surface area (Å²) < 4.78 is 41.6. The van der Waals surface area contributed by atoms with E-state index in [1.807, 2.05) is 6.92 Å². The van der Waals surface area contributed by atoms with Gasteiger partial charge in [0.05, 0.1) is 5.56 Å². The standard InChI is InChI=1S/C11H13F3O2/c1-2-3-10(15)16-9-6-4-8(5-7-9)11(12,13)14/h4-7,10,15H,2-3H2,1H3. The van der Waals surface area contributed by atoms with Gasteiger partial charge in [0, 0.05) is 6.42 Å². The van der Waals surface area contributed by atoms with Crippen LogP contribution in [0.25, 0.3) is 0 Å². The second kappa shape index (κ2) is 5.21. The monoisotopic (exact) mass is 234 g/mol. The van der Waals surface area contributed by atoms with E-state index in [0.29, 0.717) is 6.42 Å². The molecule has 0 spiro atoms. The van der Waals surface area contributed by atoms with Gasteiger partial charge in [-0.3, -0.25) is 0 Å². The molecular weight excluding hydrogens is 221 g/mol. The summed E-state index contributed by atoms with van der Waals surface area (Å²) in [5, 5.41) is 9.29. The van der Waals surface area contributed by atoms with Crippen molar-refractivity contribution in [3.63, 3.8) is 0 Å². The molecule has 90 valence electrons. The molecule has 0 fully saturated rings. The van der Waals surface area contributed by atoms with Crippen LogP contribution in [0.2, 0.25) is 0 Å². The molecule has 0 aliphatic carbocycles. The van der Waals surface area contributed by atoms with Gasteiger partial charge in [-0.05, 0) is 24.3 Å². The molecule has 2 nitrogen and oxygen atoms in total. The molecule has 0 amide bonds. The van der Waals surface area contributed by atoms with Crippen LogP contribution in [-0.4, -0.2) is 11.4 Å². The third-order valence-corrected chi connectivity index (χ3v) is 1.99. The van der Waals surface area contributed by atoms with Gasteiger partial charge in [0.2, 0.25) is 0 Å². The number of aliphatic hydroxyl groups excluding tert-OH is 1. The molecule has 0 aromatic heterocycles. The van der Waals surface area contributed by atoms with Crippen LogP contribution in [0, 0.1) is 0 Å². The SMILES string of the molecule is CCCC(O)Oc1ccc(C(F)(F)F)cc1. The Labute approximate surface area is 91.7 Å². The lowest BCUT2D eigenvalue weighted by molar-refractivity contribution is -0.137. The Morgan fingerprint density at radius 3 is 2.25 bits per heavy atom. The Kier molecular flexibility index (Phi) is 4.18. The maximum atomic E-state index is 12.2. The second-order valence-corrected chi connectivity index (χ2v) is 3.38. The van der Waals surface area contributed by atoms with Gasteiger partial charge < -0.3 is 9.84 Å². The molecule has 5 heteroatoms. The molecule has 1 aromatic rings. The molecule has 1 unspecified atom stereocenters. The lowest BCUT2D eigenvalue weighted by atomic mass is 10.2. The molecule has 0 radical (unpaired) electrons. The van der Waals surface area contributed by atoms with Crippen LogP contribution >= 0.6 is 0 Å². The zero-order valence-electron chi connectivity index (χ0n) is 8.79. The normalized spacial score (nSPS) is 13.6. The van der Waals surface area contributed by atoms with Gasteiger partial charge in [-0.25, -0.2) is 0 Å². The van der Waals surface area contributed by atoms with Crippen molar-refractivity contribution in [2.75, 3.05) is 0 Å². The smallest absolute Gasteiger partial charge is 0.416 e. The van der Waals surface area contributed by atoms with Gasteiger partial charge in [0.15, 0.2) is 6.29 Å². The van der Waals surface area contributed by atoms with E-state index >= 15 is 0 Å². The number of ether oxygens (including phenoxy) is 1. The van der Waals surface area contributed by atoms with Gasteiger partial charge in [0.1, 0.15) is 5.75 Å². The zero-order valence-corrected chi connectivity index (χ0v) is 8.79. The molecule has 0 saturated carbocycles. The molecule has 0 heterocycles. The fraction of sp³-hybridized carbons (Fsp3) is 0.455. The first-order chi connectivity index (χ1) is 7.43. The Hall–Kier alpha value is -1.23. The number of aliphatic hydroxyl groups is 1. The highest BCUT2D eigenvalue weighted by Gasteiger charge is 2.30. The molecule has 0 aliphatic heterocycles. The molecule has 16 heavy (non-hydrogen) atoms. The summed E-state index contributed by atoms with van der Waals surface area (Å²) in [7, 11) is 0. The van der Waals surface area contributed by atoms with E-state index in [9.17, 15) is 18.3 Å². The van der Waals surface area contributed by atoms with E-state index in [0.717, 1.165) is 18.6 Å². The minimum atomic E-state index is -4.35. The summed E-state index contributed by atoms with van der Waals surface area (Å²) in [5.74, 6) is 0.231. The van der Waals surface area contributed by atoms with Crippen LogP contribution in [0.5, 0.6) is 5.75 Å². The summed E-state index contributed by atoms with van der Waals surface area (Å²) in [6.07, 6.45) is -4.13. The van der Waals surface area contributed by atoms with E-state index in [1.54, 1.807) is 0 Å². The highest BCUT2D eigenvalue weighted by atomic mass is 19.4. The van der Waals surface area contributed by atoms with E-state index in [1.165, 1.54) is 12.1 Å². The fourth-order valence-corrected chi connectivity index (χ4v) is 1.19. The van der Waals surface area contributed by atoms with Crippen molar-refractivity contribution in [2.45, 2.75) is 32.2 Å². The van der Waals surface area contributed by atoms with Gasteiger partial charge in [-0.2, -0.15) is 13.2 Å². The van der Waals surface area contributed by atoms with Crippen LogP contribution in [-0.2, 0) is 6.18 Å². The fourth-order valence-electron chi connectivity index (χ4n) is 1.19. The van der Waals surface area contributed by atoms with Crippen molar-refractivity contribution in [1.82, 2.24) is 0 Å². The summed E-state index contributed by atoms with van der Waals surface area (Å²) in [5.41, 5.74) is -0.732. The van der Waals surface area contributed by atoms with Crippen molar-refractivity contribution in [1.29, 1.82) is 0 Å². The predicted octanol–water partition coefficient (Wildman–Crippen LogP) is 3.20. The highest BCUT2D eigenvalue weighted by Crippen LogP contribution is 2.30. The first-order valence-corrected chi connectivity index (χ1v) is 4.95. The molecule has 1 rings (SSSR count). The minimum absolute atomic E-state index is 0.231. The second-order valence-electron chi connectivity index (χ2n) is 3.38. The number of benzene rings is 1. The van der Waals surface area contributed by atoms with Crippen molar-refractivity contribution < 1.29 is 23.0 Å². The van der Waals surface area contributed by atoms with E-state index in [4.69, 9.17) is 4.74 Å². The Balaban J connectivity index is 2.65. The third-order valence-electron chi connectivity index (χ3n) is 1.99. The predicted molar refractivity (Wildman–Crippen MR) is 53.0 cm³/mol. The maximum absolute atomic E-state index is 12.2. The van der Waals surface area contributed by atoms with Crippen LogP contribution < -0.4 is 4.74 Å². The van der Waals surface area contributed by atoms with Crippen LogP contribution in [0.1, 0.15) is 25.3 Å². The van der Waals surface area contributed by atoms with Crippen LogP contribution in [0.15, 0.2) is 24.3 Å². The van der Waals surface area contributed by atoms with E-state index in [-0.39, 0.29) is 5.75 Å². The topological polar surface area (TPSA) is 29.5 Å². The average molecular weight is 234 g/mol. The Morgan fingerprint density at radius 2 is 1.81 bits per heavy atom. The Morgan fingerprint density at radius 1 is 1.25 bits per heavy atom. The molecule has 0 aliphatic rings. The number of alkyl halides is 3. The van der Waals surface area contributed by atoms with Crippen LogP contribution in [0.4, 0.5) is 13.2 Å². The third kappa shape index (κ3) is 3.73. The summed E-state index contributed by atoms with van der Waals surface area (Å²) in [6, 6.07) is 4.24. The number of halogens is 3. The van der Waals surface area contributed by atoms with Crippen LogP contribution in [0.3, 0.4) is 0 Å². The van der Waals surface area contributed by atoms with Crippen molar-refractivity contribution in [2.24, 2.45) is 0 Å². The number of hydrogen-bond acceptors (Lipinski definition) is 2. The molecular formula is C11H13F3O2. The van der Waals surface area contributed by atoms with Crippen molar-refractivity contribution in [3.05, 3.63) is 29.8 Å². The van der Waals surface area contributed by atoms with Crippen molar-refractivity contribution >= 4 is 0 Å². The largest absolute Gasteiger partial charge is 0.465 e. The Bertz CT molecular complexity index is 319. The molecule has 1 atom stereocenters. The lowest BCUT2D eigenvalue weighted by Crippen LogP contribution is -2.14. The lowest BCUT2D eigenvalue weighted by Gasteiger charge is -2.13.